The van der Waals surface area contributed by atoms with Crippen molar-refractivity contribution in [1.29, 1.82) is 0 Å². The zero-order valence-electron chi connectivity index (χ0n) is 24.1. The molecular weight excluding hydrogens is 606 g/mol. The summed E-state index contributed by atoms with van der Waals surface area (Å²) in [5, 5.41) is 2.96. The molecule has 1 aliphatic heterocycles. The van der Waals surface area contributed by atoms with E-state index < -0.39 is 51.3 Å². The molecule has 2 aromatic carbocycles. The summed E-state index contributed by atoms with van der Waals surface area (Å²) in [7, 11) is -3.78. The predicted octanol–water partition coefficient (Wildman–Crippen LogP) is 3.95. The maximum atomic E-state index is 14.5. The molecule has 232 valence electrons. The quantitative estimate of drug-likeness (QED) is 0.324. The van der Waals surface area contributed by atoms with Crippen LogP contribution in [-0.4, -0.2) is 65.7 Å². The second-order valence-electron chi connectivity index (χ2n) is 11.5. The zero-order valence-corrected chi connectivity index (χ0v) is 25.7. The van der Waals surface area contributed by atoms with Crippen molar-refractivity contribution in [3.05, 3.63) is 64.6 Å². The highest BCUT2D eigenvalue weighted by atomic mass is 35.5. The summed E-state index contributed by atoms with van der Waals surface area (Å²) in [6.07, 6.45) is -0.192. The van der Waals surface area contributed by atoms with Gasteiger partial charge in [0.15, 0.2) is 5.78 Å². The number of fused-ring (bicyclic) bond motifs is 1. The maximum Gasteiger partial charge on any atom is 0.247 e. The van der Waals surface area contributed by atoms with Crippen LogP contribution >= 0.6 is 11.6 Å². The Bertz CT molecular complexity index is 1670. The van der Waals surface area contributed by atoms with Gasteiger partial charge in [-0.25, -0.2) is 21.9 Å². The molecule has 2 unspecified atom stereocenters. The number of sulfonamides is 1. The van der Waals surface area contributed by atoms with Crippen LogP contribution in [0, 0.1) is 5.82 Å². The van der Waals surface area contributed by atoms with Crippen molar-refractivity contribution in [2.75, 3.05) is 12.5 Å². The van der Waals surface area contributed by atoms with E-state index in [1.165, 1.54) is 48.0 Å². The molecule has 1 aromatic heterocycles. The van der Waals surface area contributed by atoms with E-state index in [4.69, 9.17) is 16.3 Å². The summed E-state index contributed by atoms with van der Waals surface area (Å²) in [5.41, 5.74) is 0.167. The molecule has 1 saturated heterocycles. The molecule has 1 aliphatic rings. The lowest BCUT2D eigenvalue weighted by atomic mass is 10.1. The number of carbonyl (C=O) groups excluding carboxylic acids is 3. The molecule has 14 heteroatoms. The Balaban J connectivity index is 1.53. The molecule has 3 aromatic rings. The van der Waals surface area contributed by atoms with Gasteiger partial charge in [0, 0.05) is 47.3 Å². The average Bonchev–Trinajstić information content (AvgIpc) is 3.47. The Morgan fingerprint density at radius 1 is 1.16 bits per heavy atom. The van der Waals surface area contributed by atoms with Gasteiger partial charge in [-0.2, -0.15) is 0 Å². The molecule has 2 N–H and O–H groups in total. The largest absolute Gasteiger partial charge is 0.476 e. The molecule has 2 heterocycles. The first-order valence-corrected chi connectivity index (χ1v) is 15.5. The summed E-state index contributed by atoms with van der Waals surface area (Å²) in [6, 6.07) is 7.85. The van der Waals surface area contributed by atoms with Gasteiger partial charge in [-0.1, -0.05) is 23.7 Å². The van der Waals surface area contributed by atoms with Gasteiger partial charge in [-0.05, 0) is 45.9 Å². The monoisotopic (exact) mass is 638 g/mol. The van der Waals surface area contributed by atoms with Crippen molar-refractivity contribution in [2.24, 2.45) is 0 Å². The number of halogens is 3. The highest BCUT2D eigenvalue weighted by Gasteiger charge is 2.40. The van der Waals surface area contributed by atoms with Crippen LogP contribution < -0.4 is 14.8 Å². The highest BCUT2D eigenvalue weighted by molar-refractivity contribution is 7.89. The number of hydrogen-bond donors (Lipinski definition) is 2. The second-order valence-corrected chi connectivity index (χ2v) is 13.5. The normalized spacial score (nSPS) is 17.3. The third kappa shape index (κ3) is 7.89. The summed E-state index contributed by atoms with van der Waals surface area (Å²) in [4.78, 5) is 39.9. The standard InChI is InChI=1S/C29H33ClF2N4O6S/c1-17(37)22-14-35(24-11-20(8-9-21(22)24)42-16-43(40,41)34-29(2,3)4)15-26(38)36-13-19(31)10-25(36)28(39)33-12-18-6-5-7-23(30)27(18)32/h5-9,11,14,19,25,34H,10,12-13,15-16H2,1-4H3,(H,33,39). The van der Waals surface area contributed by atoms with E-state index in [-0.39, 0.29) is 48.2 Å². The van der Waals surface area contributed by atoms with Crippen molar-refractivity contribution in [3.8, 4) is 5.75 Å². The van der Waals surface area contributed by atoms with Crippen molar-refractivity contribution in [1.82, 2.24) is 19.5 Å². The van der Waals surface area contributed by atoms with Crippen LogP contribution in [0.3, 0.4) is 0 Å². The summed E-state index contributed by atoms with van der Waals surface area (Å²) < 4.78 is 63.0. The van der Waals surface area contributed by atoms with Crippen molar-refractivity contribution >= 4 is 50.1 Å². The molecular formula is C29H33ClF2N4O6S. The maximum absolute atomic E-state index is 14.5. The molecule has 0 radical (unpaired) electrons. The number of aromatic nitrogens is 1. The lowest BCUT2D eigenvalue weighted by Crippen LogP contribution is -2.46. The van der Waals surface area contributed by atoms with E-state index in [1.807, 2.05) is 0 Å². The van der Waals surface area contributed by atoms with Crippen LogP contribution in [-0.2, 0) is 32.7 Å². The van der Waals surface area contributed by atoms with Crippen LogP contribution in [0.4, 0.5) is 8.78 Å². The minimum absolute atomic E-state index is 0.103. The van der Waals surface area contributed by atoms with Gasteiger partial charge >= 0.3 is 0 Å². The van der Waals surface area contributed by atoms with Crippen LogP contribution in [0.2, 0.25) is 5.02 Å². The van der Waals surface area contributed by atoms with Gasteiger partial charge in [0.05, 0.1) is 17.1 Å². The molecule has 4 rings (SSSR count). The van der Waals surface area contributed by atoms with E-state index in [0.29, 0.717) is 16.5 Å². The number of benzene rings is 2. The number of alkyl halides is 1. The number of amides is 2. The van der Waals surface area contributed by atoms with Crippen molar-refractivity contribution < 1.29 is 36.3 Å². The van der Waals surface area contributed by atoms with Gasteiger partial charge in [-0.3, -0.25) is 14.4 Å². The Hall–Kier alpha value is -3.55. The van der Waals surface area contributed by atoms with Crippen molar-refractivity contribution in [3.63, 3.8) is 0 Å². The molecule has 0 bridgehead atoms. The molecule has 2 amide bonds. The third-order valence-corrected chi connectivity index (χ3v) is 8.38. The molecule has 0 aliphatic carbocycles. The van der Waals surface area contributed by atoms with E-state index in [9.17, 15) is 31.6 Å². The molecule has 0 spiro atoms. The fraction of sp³-hybridized carbons (Fsp3) is 0.414. The number of nitrogens with zero attached hydrogens (tertiary/aromatic N) is 2. The van der Waals surface area contributed by atoms with Gasteiger partial charge in [-0.15, -0.1) is 0 Å². The number of hydrogen-bond acceptors (Lipinski definition) is 6. The van der Waals surface area contributed by atoms with Gasteiger partial charge in [0.1, 0.15) is 30.3 Å². The summed E-state index contributed by atoms with van der Waals surface area (Å²) in [6.45, 7) is 5.61. The van der Waals surface area contributed by atoms with E-state index in [0.717, 1.165) is 4.90 Å². The Morgan fingerprint density at radius 2 is 1.88 bits per heavy atom. The van der Waals surface area contributed by atoms with Gasteiger partial charge in [0.2, 0.25) is 27.8 Å². The zero-order chi connectivity index (χ0) is 31.7. The number of rotatable bonds is 10. The first-order valence-electron chi connectivity index (χ1n) is 13.5. The predicted molar refractivity (Wildman–Crippen MR) is 158 cm³/mol. The van der Waals surface area contributed by atoms with Crippen LogP contribution in [0.1, 0.15) is 50.0 Å². The van der Waals surface area contributed by atoms with Crippen LogP contribution in [0.25, 0.3) is 10.9 Å². The number of ketones is 1. The number of likely N-dealkylation sites (tertiary alicyclic amines) is 1. The van der Waals surface area contributed by atoms with Gasteiger partial charge < -0.3 is 19.5 Å². The lowest BCUT2D eigenvalue weighted by molar-refractivity contribution is -0.139. The van der Waals surface area contributed by atoms with Crippen molar-refractivity contribution in [2.45, 2.75) is 65.0 Å². The summed E-state index contributed by atoms with van der Waals surface area (Å²) in [5.74, 6) is -2.64. The Kier molecular flexibility index (Phi) is 9.48. The number of ether oxygens (including phenoxy) is 1. The Morgan fingerprint density at radius 3 is 2.56 bits per heavy atom. The lowest BCUT2D eigenvalue weighted by Gasteiger charge is -2.24. The van der Waals surface area contributed by atoms with E-state index in [1.54, 1.807) is 26.8 Å². The first-order chi connectivity index (χ1) is 20.0. The number of carbonyl (C=O) groups is 3. The third-order valence-electron chi connectivity index (χ3n) is 6.74. The topological polar surface area (TPSA) is 127 Å². The second kappa shape index (κ2) is 12.6. The smallest absolute Gasteiger partial charge is 0.247 e. The minimum Gasteiger partial charge on any atom is -0.476 e. The highest BCUT2D eigenvalue weighted by Crippen LogP contribution is 2.28. The fourth-order valence-electron chi connectivity index (χ4n) is 4.95. The molecule has 2 atom stereocenters. The molecule has 43 heavy (non-hydrogen) atoms. The molecule has 0 saturated carbocycles. The number of Topliss-reactive ketones (excluding diaryl/α,β-unsaturated/α-hetero) is 1. The fourth-order valence-corrected chi connectivity index (χ4v) is 6.42. The van der Waals surface area contributed by atoms with Crippen LogP contribution in [0.15, 0.2) is 42.6 Å². The average molecular weight is 639 g/mol. The van der Waals surface area contributed by atoms with E-state index >= 15 is 0 Å². The minimum atomic E-state index is -3.78. The summed E-state index contributed by atoms with van der Waals surface area (Å²) >= 11 is 5.80. The number of nitrogens with one attached hydrogen (secondary N) is 2. The molecule has 1 fully saturated rings. The molecule has 10 nitrogen and oxygen atoms in total. The SMILES string of the molecule is CC(=O)c1cn(CC(=O)N2CC(F)CC2C(=O)NCc2cccc(Cl)c2F)c2cc(OCS(=O)(=O)NC(C)(C)C)ccc12. The van der Waals surface area contributed by atoms with E-state index in [2.05, 4.69) is 10.0 Å². The Labute approximate surface area is 253 Å². The van der Waals surface area contributed by atoms with Crippen LogP contribution in [0.5, 0.6) is 5.75 Å². The first kappa shape index (κ1) is 32.4. The van der Waals surface area contributed by atoms with Gasteiger partial charge in [0.25, 0.3) is 0 Å².